The Kier molecular flexibility index (Phi) is 5.43. The van der Waals surface area contributed by atoms with Crippen LogP contribution < -0.4 is 11.1 Å². The van der Waals surface area contributed by atoms with E-state index in [1.54, 1.807) is 19.3 Å². The second-order valence-electron chi connectivity index (χ2n) is 6.09. The molecule has 1 atom stereocenters. The van der Waals surface area contributed by atoms with Gasteiger partial charge in [0.1, 0.15) is 11.9 Å². The van der Waals surface area contributed by atoms with E-state index in [1.807, 2.05) is 43.3 Å². The largest absolute Gasteiger partial charge is 0.465 e. The number of carbonyl (C=O) groups is 1. The Morgan fingerprint density at radius 1 is 1.27 bits per heavy atom. The lowest BCUT2D eigenvalue weighted by Gasteiger charge is -2.12. The summed E-state index contributed by atoms with van der Waals surface area (Å²) >= 11 is 0. The van der Waals surface area contributed by atoms with Crippen molar-refractivity contribution in [3.8, 4) is 0 Å². The maximum Gasteiger partial charge on any atom is 0.323 e. The highest BCUT2D eigenvalue weighted by molar-refractivity contribution is 5.92. The molecule has 0 amide bonds. The number of ether oxygens (including phenoxy) is 1. The third-order valence-corrected chi connectivity index (χ3v) is 4.02. The number of benzene rings is 1. The predicted molar refractivity (Wildman–Crippen MR) is 102 cm³/mol. The molecule has 0 aliphatic heterocycles. The molecule has 0 radical (unpaired) electrons. The summed E-state index contributed by atoms with van der Waals surface area (Å²) in [4.78, 5) is 20.4. The van der Waals surface area contributed by atoms with Crippen molar-refractivity contribution in [3.05, 3.63) is 60.0 Å². The molecule has 0 aliphatic rings. The first-order valence-corrected chi connectivity index (χ1v) is 8.56. The van der Waals surface area contributed by atoms with E-state index in [9.17, 15) is 4.79 Å². The highest BCUT2D eigenvalue weighted by atomic mass is 16.5. The third kappa shape index (κ3) is 4.15. The molecule has 1 unspecified atom stereocenters. The van der Waals surface area contributed by atoms with E-state index in [4.69, 9.17) is 10.5 Å². The summed E-state index contributed by atoms with van der Waals surface area (Å²) in [6.07, 6.45) is 4.01. The van der Waals surface area contributed by atoms with Gasteiger partial charge in [-0.1, -0.05) is 12.1 Å². The third-order valence-electron chi connectivity index (χ3n) is 4.02. The topological polar surface area (TPSA) is 90.1 Å². The summed E-state index contributed by atoms with van der Waals surface area (Å²) in [5.41, 5.74) is 8.68. The summed E-state index contributed by atoms with van der Waals surface area (Å²) in [5, 5.41) is 5.39. The van der Waals surface area contributed by atoms with Gasteiger partial charge in [0.25, 0.3) is 0 Å². The molecule has 3 N–H and O–H groups in total. The number of pyridine rings is 2. The zero-order valence-corrected chi connectivity index (χ0v) is 14.9. The Bertz CT molecular complexity index is 909. The fourth-order valence-electron chi connectivity index (χ4n) is 2.77. The lowest BCUT2D eigenvalue weighted by molar-refractivity contribution is -0.144. The van der Waals surface area contributed by atoms with Crippen molar-refractivity contribution in [1.29, 1.82) is 0 Å². The van der Waals surface area contributed by atoms with Crippen LogP contribution in [0.15, 0.2) is 48.8 Å². The SMILES string of the molecule is CCOC(=O)C(N)Cc1ccc(Nc2nc(C)cc3ccncc23)cc1. The molecule has 2 aromatic heterocycles. The lowest BCUT2D eigenvalue weighted by atomic mass is 10.1. The van der Waals surface area contributed by atoms with E-state index >= 15 is 0 Å². The van der Waals surface area contributed by atoms with Gasteiger partial charge in [0.2, 0.25) is 0 Å². The molecule has 26 heavy (non-hydrogen) atoms. The number of aryl methyl sites for hydroxylation is 1. The van der Waals surface area contributed by atoms with E-state index in [-0.39, 0.29) is 5.97 Å². The molecule has 1 aromatic carbocycles. The van der Waals surface area contributed by atoms with Gasteiger partial charge >= 0.3 is 5.97 Å². The van der Waals surface area contributed by atoms with E-state index in [0.29, 0.717) is 13.0 Å². The molecule has 2 heterocycles. The number of hydrogen-bond donors (Lipinski definition) is 2. The minimum absolute atomic E-state index is 0.335. The summed E-state index contributed by atoms with van der Waals surface area (Å²) < 4.78 is 4.94. The first-order chi connectivity index (χ1) is 12.6. The normalized spacial score (nSPS) is 12.0. The molecular weight excluding hydrogens is 328 g/mol. The van der Waals surface area contributed by atoms with Crippen LogP contribution in [-0.4, -0.2) is 28.6 Å². The second-order valence-corrected chi connectivity index (χ2v) is 6.09. The molecular formula is C20H22N4O2. The van der Waals surface area contributed by atoms with Gasteiger partial charge in [-0.25, -0.2) is 4.98 Å². The van der Waals surface area contributed by atoms with Gasteiger partial charge in [-0.3, -0.25) is 9.78 Å². The number of esters is 1. The van der Waals surface area contributed by atoms with Crippen LogP contribution in [0.25, 0.3) is 10.8 Å². The van der Waals surface area contributed by atoms with Crippen molar-refractivity contribution in [3.63, 3.8) is 0 Å². The van der Waals surface area contributed by atoms with Crippen LogP contribution in [0.3, 0.4) is 0 Å². The van der Waals surface area contributed by atoms with Crippen molar-refractivity contribution in [2.45, 2.75) is 26.3 Å². The summed E-state index contributed by atoms with van der Waals surface area (Å²) in [7, 11) is 0. The molecule has 0 aliphatic carbocycles. The Labute approximate surface area is 152 Å². The quantitative estimate of drug-likeness (QED) is 0.664. The summed E-state index contributed by atoms with van der Waals surface area (Å²) in [5.74, 6) is 0.390. The minimum Gasteiger partial charge on any atom is -0.465 e. The van der Waals surface area contributed by atoms with Crippen molar-refractivity contribution >= 4 is 28.2 Å². The number of nitrogens with one attached hydrogen (secondary N) is 1. The maximum atomic E-state index is 11.6. The van der Waals surface area contributed by atoms with Crippen LogP contribution >= 0.6 is 0 Å². The van der Waals surface area contributed by atoms with Crippen LogP contribution in [0.1, 0.15) is 18.2 Å². The molecule has 3 aromatic rings. The van der Waals surface area contributed by atoms with Gasteiger partial charge in [-0.05, 0) is 55.5 Å². The number of carbonyl (C=O) groups excluding carboxylic acids is 1. The second kappa shape index (κ2) is 7.93. The van der Waals surface area contributed by atoms with Crippen molar-refractivity contribution in [2.75, 3.05) is 11.9 Å². The number of hydrogen-bond acceptors (Lipinski definition) is 6. The number of nitrogens with two attached hydrogens (primary N) is 1. The van der Waals surface area contributed by atoms with Crippen LogP contribution in [0.4, 0.5) is 11.5 Å². The van der Waals surface area contributed by atoms with E-state index in [2.05, 4.69) is 15.3 Å². The molecule has 0 fully saturated rings. The van der Waals surface area contributed by atoms with Gasteiger partial charge in [0.15, 0.2) is 0 Å². The van der Waals surface area contributed by atoms with Gasteiger partial charge < -0.3 is 15.8 Å². The first-order valence-electron chi connectivity index (χ1n) is 8.56. The molecule has 0 saturated carbocycles. The van der Waals surface area contributed by atoms with Gasteiger partial charge in [-0.15, -0.1) is 0 Å². The predicted octanol–water partition coefficient (Wildman–Crippen LogP) is 3.11. The molecule has 0 saturated heterocycles. The number of fused-ring (bicyclic) bond motifs is 1. The minimum atomic E-state index is -0.651. The van der Waals surface area contributed by atoms with Crippen molar-refractivity contribution < 1.29 is 9.53 Å². The van der Waals surface area contributed by atoms with Gasteiger partial charge in [0, 0.05) is 29.2 Å². The maximum absolute atomic E-state index is 11.6. The zero-order valence-electron chi connectivity index (χ0n) is 14.9. The number of aromatic nitrogens is 2. The monoisotopic (exact) mass is 350 g/mol. The van der Waals surface area contributed by atoms with Crippen LogP contribution in [0, 0.1) is 6.92 Å². The Morgan fingerprint density at radius 2 is 2.04 bits per heavy atom. The Balaban J connectivity index is 1.75. The number of nitrogens with zero attached hydrogens (tertiary/aromatic N) is 2. The van der Waals surface area contributed by atoms with E-state index < -0.39 is 6.04 Å². The highest BCUT2D eigenvalue weighted by Gasteiger charge is 2.15. The van der Waals surface area contributed by atoms with Crippen LogP contribution in [0.2, 0.25) is 0 Å². The summed E-state index contributed by atoms with van der Waals surface area (Å²) in [6, 6.07) is 11.1. The van der Waals surface area contributed by atoms with Crippen LogP contribution in [0.5, 0.6) is 0 Å². The Hall–Kier alpha value is -2.99. The fraction of sp³-hybridized carbons (Fsp3) is 0.250. The molecule has 0 bridgehead atoms. The molecule has 0 spiro atoms. The molecule has 6 nitrogen and oxygen atoms in total. The molecule has 3 rings (SSSR count). The van der Waals surface area contributed by atoms with Crippen molar-refractivity contribution in [1.82, 2.24) is 9.97 Å². The van der Waals surface area contributed by atoms with Crippen LogP contribution in [-0.2, 0) is 16.0 Å². The summed E-state index contributed by atoms with van der Waals surface area (Å²) in [6.45, 7) is 4.07. The average Bonchev–Trinajstić information content (AvgIpc) is 2.63. The lowest BCUT2D eigenvalue weighted by Crippen LogP contribution is -2.34. The first kappa shape index (κ1) is 17.8. The van der Waals surface area contributed by atoms with Gasteiger partial charge in [-0.2, -0.15) is 0 Å². The zero-order chi connectivity index (χ0) is 18.5. The van der Waals surface area contributed by atoms with E-state index in [0.717, 1.165) is 33.5 Å². The number of anilines is 2. The average molecular weight is 350 g/mol. The highest BCUT2D eigenvalue weighted by Crippen LogP contribution is 2.25. The van der Waals surface area contributed by atoms with Crippen molar-refractivity contribution in [2.24, 2.45) is 5.73 Å². The number of rotatable bonds is 6. The standard InChI is InChI=1S/C20H22N4O2/c1-3-26-20(25)18(21)11-14-4-6-16(7-5-14)24-19-17-12-22-9-8-15(17)10-13(2)23-19/h4-10,12,18H,3,11,21H2,1-2H3,(H,23,24). The molecule has 6 heteroatoms. The van der Waals surface area contributed by atoms with E-state index in [1.165, 1.54) is 0 Å². The molecule has 134 valence electrons. The fourth-order valence-corrected chi connectivity index (χ4v) is 2.77. The Morgan fingerprint density at radius 3 is 2.77 bits per heavy atom. The smallest absolute Gasteiger partial charge is 0.323 e. The van der Waals surface area contributed by atoms with Gasteiger partial charge in [0.05, 0.1) is 6.61 Å².